The number of aromatic nitrogens is 1. The standard InChI is InChI=1S/C13H25N3S/c1-10-16-9-12(17-10)8-15-7-11(6-14)5-13(2,3)4/h9,11,15H,5-8,14H2,1-4H3. The number of aryl methyl sites for hydroxylation is 1. The summed E-state index contributed by atoms with van der Waals surface area (Å²) in [7, 11) is 0. The molecule has 0 aliphatic rings. The molecule has 3 nitrogen and oxygen atoms in total. The number of hydrogen-bond acceptors (Lipinski definition) is 4. The average molecular weight is 255 g/mol. The third-order valence-electron chi connectivity index (χ3n) is 2.64. The molecule has 1 rings (SSSR count). The minimum atomic E-state index is 0.354. The summed E-state index contributed by atoms with van der Waals surface area (Å²) in [6.45, 7) is 11.5. The lowest BCUT2D eigenvalue weighted by molar-refractivity contribution is 0.290. The minimum Gasteiger partial charge on any atom is -0.330 e. The molecule has 0 aliphatic heterocycles. The molecule has 1 aromatic heterocycles. The Morgan fingerprint density at radius 3 is 2.65 bits per heavy atom. The van der Waals surface area contributed by atoms with Crippen LogP contribution in [0.1, 0.15) is 37.1 Å². The van der Waals surface area contributed by atoms with Gasteiger partial charge < -0.3 is 11.1 Å². The zero-order chi connectivity index (χ0) is 12.9. The summed E-state index contributed by atoms with van der Waals surface area (Å²) in [5.74, 6) is 0.559. The van der Waals surface area contributed by atoms with Gasteiger partial charge in [-0.05, 0) is 37.8 Å². The lowest BCUT2D eigenvalue weighted by atomic mass is 9.84. The zero-order valence-electron chi connectivity index (χ0n) is 11.4. The van der Waals surface area contributed by atoms with Gasteiger partial charge in [-0.25, -0.2) is 4.98 Å². The number of nitrogens with one attached hydrogen (secondary N) is 1. The van der Waals surface area contributed by atoms with Gasteiger partial charge in [-0.15, -0.1) is 11.3 Å². The van der Waals surface area contributed by atoms with Crippen LogP contribution in [0.15, 0.2) is 6.20 Å². The van der Waals surface area contributed by atoms with Crippen molar-refractivity contribution in [1.82, 2.24) is 10.3 Å². The first-order valence-corrected chi connectivity index (χ1v) is 7.04. The quantitative estimate of drug-likeness (QED) is 0.821. The van der Waals surface area contributed by atoms with Gasteiger partial charge in [0.25, 0.3) is 0 Å². The first-order chi connectivity index (χ1) is 7.90. The van der Waals surface area contributed by atoms with Gasteiger partial charge in [-0.3, -0.25) is 0 Å². The third-order valence-corrected chi connectivity index (χ3v) is 3.55. The predicted octanol–water partition coefficient (Wildman–Crippen LogP) is 2.55. The van der Waals surface area contributed by atoms with Crippen LogP contribution in [0.25, 0.3) is 0 Å². The van der Waals surface area contributed by atoms with E-state index in [9.17, 15) is 0 Å². The SMILES string of the molecule is Cc1ncc(CNCC(CN)CC(C)(C)C)s1. The van der Waals surface area contributed by atoms with E-state index in [1.165, 1.54) is 4.88 Å². The Morgan fingerprint density at radius 2 is 2.18 bits per heavy atom. The van der Waals surface area contributed by atoms with E-state index in [-0.39, 0.29) is 0 Å². The van der Waals surface area contributed by atoms with Crippen LogP contribution in [0.2, 0.25) is 0 Å². The molecule has 0 saturated heterocycles. The topological polar surface area (TPSA) is 50.9 Å². The van der Waals surface area contributed by atoms with E-state index in [1.54, 1.807) is 11.3 Å². The first-order valence-electron chi connectivity index (χ1n) is 6.23. The van der Waals surface area contributed by atoms with Crippen molar-refractivity contribution in [3.05, 3.63) is 16.1 Å². The van der Waals surface area contributed by atoms with Crippen molar-refractivity contribution < 1.29 is 0 Å². The van der Waals surface area contributed by atoms with Crippen LogP contribution in [0, 0.1) is 18.3 Å². The summed E-state index contributed by atoms with van der Waals surface area (Å²) >= 11 is 1.76. The fraction of sp³-hybridized carbons (Fsp3) is 0.769. The molecule has 1 unspecified atom stereocenters. The summed E-state index contributed by atoms with van der Waals surface area (Å²) in [5, 5.41) is 4.61. The number of thiazole rings is 1. The Kier molecular flexibility index (Phi) is 5.56. The van der Waals surface area contributed by atoms with Crippen LogP contribution in [0.4, 0.5) is 0 Å². The smallest absolute Gasteiger partial charge is 0.0897 e. The highest BCUT2D eigenvalue weighted by atomic mass is 32.1. The molecule has 0 aliphatic carbocycles. The maximum Gasteiger partial charge on any atom is 0.0897 e. The van der Waals surface area contributed by atoms with Gasteiger partial charge in [0, 0.05) is 17.6 Å². The van der Waals surface area contributed by atoms with Gasteiger partial charge in [0.1, 0.15) is 0 Å². The number of nitrogens with two attached hydrogens (primary N) is 1. The molecule has 0 radical (unpaired) electrons. The van der Waals surface area contributed by atoms with Crippen molar-refractivity contribution in [2.75, 3.05) is 13.1 Å². The fourth-order valence-corrected chi connectivity index (χ4v) is 2.76. The van der Waals surface area contributed by atoms with E-state index in [0.717, 1.165) is 31.1 Å². The molecule has 0 saturated carbocycles. The Labute approximate surface area is 109 Å². The van der Waals surface area contributed by atoms with Gasteiger partial charge >= 0.3 is 0 Å². The highest BCUT2D eigenvalue weighted by molar-refractivity contribution is 7.11. The summed E-state index contributed by atoms with van der Waals surface area (Å²) in [5.41, 5.74) is 6.17. The largest absolute Gasteiger partial charge is 0.330 e. The maximum absolute atomic E-state index is 5.81. The van der Waals surface area contributed by atoms with Gasteiger partial charge in [-0.1, -0.05) is 20.8 Å². The van der Waals surface area contributed by atoms with Crippen LogP contribution in [0.3, 0.4) is 0 Å². The molecule has 1 heterocycles. The third kappa shape index (κ3) is 6.15. The maximum atomic E-state index is 5.81. The highest BCUT2D eigenvalue weighted by Crippen LogP contribution is 2.23. The van der Waals surface area contributed by atoms with E-state index >= 15 is 0 Å². The average Bonchev–Trinajstić information content (AvgIpc) is 2.61. The second-order valence-electron chi connectivity index (χ2n) is 5.84. The Bertz CT molecular complexity index is 328. The van der Waals surface area contributed by atoms with Crippen molar-refractivity contribution >= 4 is 11.3 Å². The summed E-state index contributed by atoms with van der Waals surface area (Å²) in [4.78, 5) is 5.55. The van der Waals surface area contributed by atoms with Crippen molar-refractivity contribution in [1.29, 1.82) is 0 Å². The van der Waals surface area contributed by atoms with Crippen LogP contribution in [-0.2, 0) is 6.54 Å². The number of rotatable bonds is 6. The molecule has 1 aromatic rings. The zero-order valence-corrected chi connectivity index (χ0v) is 12.2. The lowest BCUT2D eigenvalue weighted by Crippen LogP contribution is -2.30. The number of nitrogens with zero attached hydrogens (tertiary/aromatic N) is 1. The molecule has 0 fully saturated rings. The molecule has 17 heavy (non-hydrogen) atoms. The predicted molar refractivity (Wildman–Crippen MR) is 75.2 cm³/mol. The molecular weight excluding hydrogens is 230 g/mol. The second-order valence-corrected chi connectivity index (χ2v) is 7.16. The molecule has 0 amide bonds. The molecule has 98 valence electrons. The van der Waals surface area contributed by atoms with E-state index in [0.29, 0.717) is 11.3 Å². The van der Waals surface area contributed by atoms with Gasteiger partial charge in [-0.2, -0.15) is 0 Å². The monoisotopic (exact) mass is 255 g/mol. The Morgan fingerprint density at radius 1 is 1.47 bits per heavy atom. The minimum absolute atomic E-state index is 0.354. The molecule has 3 N–H and O–H groups in total. The van der Waals surface area contributed by atoms with E-state index in [1.807, 2.05) is 13.1 Å². The first kappa shape index (κ1) is 14.6. The van der Waals surface area contributed by atoms with Crippen LogP contribution >= 0.6 is 11.3 Å². The molecular formula is C13H25N3S. The van der Waals surface area contributed by atoms with Gasteiger partial charge in [0.05, 0.1) is 5.01 Å². The fourth-order valence-electron chi connectivity index (χ4n) is 1.99. The van der Waals surface area contributed by atoms with Crippen molar-refractivity contribution in [3.63, 3.8) is 0 Å². The number of hydrogen-bond donors (Lipinski definition) is 2. The lowest BCUT2D eigenvalue weighted by Gasteiger charge is -2.25. The van der Waals surface area contributed by atoms with Crippen LogP contribution in [-0.4, -0.2) is 18.1 Å². The molecule has 0 bridgehead atoms. The summed E-state index contributed by atoms with van der Waals surface area (Å²) < 4.78 is 0. The molecule has 0 spiro atoms. The molecule has 0 aromatic carbocycles. The highest BCUT2D eigenvalue weighted by Gasteiger charge is 2.17. The van der Waals surface area contributed by atoms with Crippen molar-refractivity contribution in [2.24, 2.45) is 17.1 Å². The van der Waals surface area contributed by atoms with Crippen molar-refractivity contribution in [2.45, 2.75) is 40.7 Å². The summed E-state index contributed by atoms with van der Waals surface area (Å²) in [6.07, 6.45) is 3.12. The Hall–Kier alpha value is -0.450. The normalized spacial score (nSPS) is 13.9. The molecule has 1 atom stereocenters. The second kappa shape index (κ2) is 6.47. The van der Waals surface area contributed by atoms with Crippen molar-refractivity contribution in [3.8, 4) is 0 Å². The van der Waals surface area contributed by atoms with E-state index in [2.05, 4.69) is 31.1 Å². The van der Waals surface area contributed by atoms with Gasteiger partial charge in [0.15, 0.2) is 0 Å². The summed E-state index contributed by atoms with van der Waals surface area (Å²) in [6, 6.07) is 0. The molecule has 4 heteroatoms. The van der Waals surface area contributed by atoms with E-state index in [4.69, 9.17) is 5.73 Å². The Balaban J connectivity index is 2.28. The van der Waals surface area contributed by atoms with E-state index < -0.39 is 0 Å². The van der Waals surface area contributed by atoms with Crippen LogP contribution < -0.4 is 11.1 Å². The van der Waals surface area contributed by atoms with Gasteiger partial charge in [0.2, 0.25) is 0 Å². The van der Waals surface area contributed by atoms with Crippen LogP contribution in [0.5, 0.6) is 0 Å².